The highest BCUT2D eigenvalue weighted by molar-refractivity contribution is 7.89. The van der Waals surface area contributed by atoms with Crippen LogP contribution in [0.4, 0.5) is 9.39 Å². The second kappa shape index (κ2) is 10.4. The van der Waals surface area contributed by atoms with Gasteiger partial charge >= 0.3 is 5.97 Å². The third-order valence-electron chi connectivity index (χ3n) is 5.73. The largest absolute Gasteiger partial charge is 0.465 e. The number of rotatable bonds is 5. The summed E-state index contributed by atoms with van der Waals surface area (Å²) in [7, 11) is -2.38. The van der Waals surface area contributed by atoms with Crippen molar-refractivity contribution in [1.29, 1.82) is 0 Å². The minimum atomic E-state index is -3.72. The van der Waals surface area contributed by atoms with E-state index in [4.69, 9.17) is 17.0 Å². The second-order valence-electron chi connectivity index (χ2n) is 7.87. The molecular formula is C24H24FN3O4S3. The van der Waals surface area contributed by atoms with Crippen molar-refractivity contribution >= 4 is 49.7 Å². The molecule has 0 atom stereocenters. The Morgan fingerprint density at radius 2 is 1.69 bits per heavy atom. The molecule has 1 fully saturated rings. The van der Waals surface area contributed by atoms with Crippen molar-refractivity contribution in [2.24, 2.45) is 0 Å². The molecule has 0 unspecified atom stereocenters. The van der Waals surface area contributed by atoms with Gasteiger partial charge in [-0.3, -0.25) is 0 Å². The van der Waals surface area contributed by atoms with Crippen LogP contribution in [0.3, 0.4) is 0 Å². The molecule has 0 spiro atoms. The minimum Gasteiger partial charge on any atom is -0.465 e. The Labute approximate surface area is 213 Å². The average Bonchev–Trinajstić information content (AvgIpc) is 3.19. The van der Waals surface area contributed by atoms with Crippen LogP contribution in [0.25, 0.3) is 11.1 Å². The number of sulfonamides is 1. The van der Waals surface area contributed by atoms with E-state index in [-0.39, 0.29) is 18.0 Å². The Balaban J connectivity index is 1.49. The van der Waals surface area contributed by atoms with Crippen LogP contribution >= 0.6 is 23.6 Å². The first-order chi connectivity index (χ1) is 16.7. The van der Waals surface area contributed by atoms with Gasteiger partial charge in [-0.1, -0.05) is 30.3 Å². The predicted octanol–water partition coefficient (Wildman–Crippen LogP) is 4.35. The van der Waals surface area contributed by atoms with E-state index in [2.05, 4.69) is 5.32 Å². The van der Waals surface area contributed by atoms with Crippen LogP contribution < -0.4 is 5.32 Å². The summed E-state index contributed by atoms with van der Waals surface area (Å²) in [6.45, 7) is 3.13. The predicted molar refractivity (Wildman–Crippen MR) is 139 cm³/mol. The summed E-state index contributed by atoms with van der Waals surface area (Å²) in [4.78, 5) is 15.6. The van der Waals surface area contributed by atoms with E-state index in [0.717, 1.165) is 28.1 Å². The lowest BCUT2D eigenvalue weighted by Gasteiger charge is -2.35. The van der Waals surface area contributed by atoms with E-state index < -0.39 is 21.8 Å². The number of hydrogen-bond acceptors (Lipinski definition) is 6. The van der Waals surface area contributed by atoms with Crippen molar-refractivity contribution in [2.45, 2.75) is 11.8 Å². The molecule has 11 heteroatoms. The van der Waals surface area contributed by atoms with E-state index in [1.165, 1.54) is 34.9 Å². The summed E-state index contributed by atoms with van der Waals surface area (Å²) in [5.41, 5.74) is 2.12. The molecule has 0 bridgehead atoms. The van der Waals surface area contributed by atoms with Gasteiger partial charge in [0.2, 0.25) is 10.0 Å². The number of halogens is 1. The Hall–Kier alpha value is -2.86. The van der Waals surface area contributed by atoms with E-state index in [1.54, 1.807) is 0 Å². The number of thiocarbonyl (C=S) groups is 1. The van der Waals surface area contributed by atoms with Gasteiger partial charge in [0, 0.05) is 36.6 Å². The standard InChI is InChI=1S/C24H24FN3O4S3/c1-16-20(17-6-4-3-5-7-17)21(23(29)32-2)22(34-16)26-24(33)27-12-14-28(15-13-27)35(30,31)19-10-8-18(25)9-11-19/h3-11H,12-15H2,1-2H3,(H,26,33). The number of nitrogens with zero attached hydrogens (tertiary/aromatic N) is 2. The van der Waals surface area contributed by atoms with Gasteiger partial charge in [-0.25, -0.2) is 17.6 Å². The fourth-order valence-corrected chi connectivity index (χ4v) is 6.78. The van der Waals surface area contributed by atoms with E-state index in [9.17, 15) is 17.6 Å². The number of carbonyl (C=O) groups excluding carboxylic acids is 1. The fourth-order valence-electron chi connectivity index (χ4n) is 3.95. The van der Waals surface area contributed by atoms with Crippen LogP contribution in [0, 0.1) is 12.7 Å². The number of methoxy groups -OCH3 is 1. The molecule has 3 aromatic rings. The molecule has 1 aliphatic heterocycles. The van der Waals surface area contributed by atoms with Gasteiger partial charge < -0.3 is 15.0 Å². The molecular weight excluding hydrogens is 509 g/mol. The molecule has 1 saturated heterocycles. The summed E-state index contributed by atoms with van der Waals surface area (Å²) in [6, 6.07) is 14.4. The van der Waals surface area contributed by atoms with Gasteiger partial charge in [0.05, 0.1) is 12.0 Å². The van der Waals surface area contributed by atoms with E-state index in [0.29, 0.717) is 28.8 Å². The molecule has 7 nitrogen and oxygen atoms in total. The smallest absolute Gasteiger partial charge is 0.341 e. The molecule has 4 rings (SSSR count). The number of nitrogens with one attached hydrogen (secondary N) is 1. The van der Waals surface area contributed by atoms with Crippen molar-refractivity contribution in [3.63, 3.8) is 0 Å². The molecule has 2 heterocycles. The van der Waals surface area contributed by atoms with Gasteiger partial charge in [-0.05, 0) is 49.0 Å². The lowest BCUT2D eigenvalue weighted by Crippen LogP contribution is -2.51. The number of ether oxygens (including phenoxy) is 1. The fraction of sp³-hybridized carbons (Fsp3) is 0.250. The van der Waals surface area contributed by atoms with Gasteiger partial charge in [0.25, 0.3) is 0 Å². The number of anilines is 1. The number of carbonyl (C=O) groups is 1. The number of piperazine rings is 1. The van der Waals surface area contributed by atoms with Crippen LogP contribution in [-0.2, 0) is 14.8 Å². The third kappa shape index (κ3) is 5.22. The molecule has 1 aliphatic rings. The SMILES string of the molecule is COC(=O)c1c(NC(=S)N2CCN(S(=O)(=O)c3ccc(F)cc3)CC2)sc(C)c1-c1ccccc1. The van der Waals surface area contributed by atoms with Crippen LogP contribution in [0.5, 0.6) is 0 Å². The molecule has 0 radical (unpaired) electrons. The molecule has 0 aliphatic carbocycles. The number of aryl methyl sites for hydroxylation is 1. The summed E-state index contributed by atoms with van der Waals surface area (Å²) in [5.74, 6) is -0.954. The first-order valence-corrected chi connectivity index (χ1v) is 13.5. The molecule has 35 heavy (non-hydrogen) atoms. The molecule has 1 N–H and O–H groups in total. The van der Waals surface area contributed by atoms with Crippen LogP contribution in [0.2, 0.25) is 0 Å². The van der Waals surface area contributed by atoms with Crippen molar-refractivity contribution in [3.8, 4) is 11.1 Å². The molecule has 2 aromatic carbocycles. The highest BCUT2D eigenvalue weighted by Gasteiger charge is 2.30. The zero-order valence-electron chi connectivity index (χ0n) is 19.2. The summed E-state index contributed by atoms with van der Waals surface area (Å²) < 4.78 is 45.4. The Bertz CT molecular complexity index is 1330. The van der Waals surface area contributed by atoms with Crippen molar-refractivity contribution in [1.82, 2.24) is 9.21 Å². The molecule has 184 valence electrons. The number of benzene rings is 2. The highest BCUT2D eigenvalue weighted by atomic mass is 32.2. The zero-order valence-corrected chi connectivity index (χ0v) is 21.6. The minimum absolute atomic E-state index is 0.0540. The van der Waals surface area contributed by atoms with Gasteiger partial charge in [0.1, 0.15) is 16.4 Å². The van der Waals surface area contributed by atoms with Gasteiger partial charge in [0.15, 0.2) is 5.11 Å². The quantitative estimate of drug-likeness (QED) is 0.386. The van der Waals surface area contributed by atoms with Crippen LogP contribution in [-0.4, -0.2) is 62.0 Å². The first kappa shape index (κ1) is 25.2. The van der Waals surface area contributed by atoms with E-state index >= 15 is 0 Å². The third-order valence-corrected chi connectivity index (χ3v) is 9.03. The van der Waals surface area contributed by atoms with Crippen molar-refractivity contribution in [3.05, 3.63) is 70.9 Å². The summed E-state index contributed by atoms with van der Waals surface area (Å²) in [6.07, 6.45) is 0. The maximum atomic E-state index is 13.2. The Morgan fingerprint density at radius 1 is 1.06 bits per heavy atom. The average molecular weight is 534 g/mol. The number of esters is 1. The Kier molecular flexibility index (Phi) is 7.50. The Morgan fingerprint density at radius 3 is 2.29 bits per heavy atom. The summed E-state index contributed by atoms with van der Waals surface area (Å²) in [5, 5.41) is 4.16. The first-order valence-electron chi connectivity index (χ1n) is 10.8. The van der Waals surface area contributed by atoms with E-state index in [1.807, 2.05) is 42.2 Å². The zero-order chi connectivity index (χ0) is 25.2. The number of thiophene rings is 1. The van der Waals surface area contributed by atoms with Crippen molar-refractivity contribution in [2.75, 3.05) is 38.6 Å². The molecule has 1 aromatic heterocycles. The van der Waals surface area contributed by atoms with Crippen LogP contribution in [0.15, 0.2) is 59.5 Å². The molecule has 0 amide bonds. The van der Waals surface area contributed by atoms with Crippen LogP contribution in [0.1, 0.15) is 15.2 Å². The normalized spacial score (nSPS) is 14.5. The highest BCUT2D eigenvalue weighted by Crippen LogP contribution is 2.40. The maximum Gasteiger partial charge on any atom is 0.341 e. The topological polar surface area (TPSA) is 79.0 Å². The lowest BCUT2D eigenvalue weighted by atomic mass is 10.0. The van der Waals surface area contributed by atoms with Gasteiger partial charge in [-0.15, -0.1) is 11.3 Å². The summed E-state index contributed by atoms with van der Waals surface area (Å²) >= 11 is 7.02. The lowest BCUT2D eigenvalue weighted by molar-refractivity contribution is 0.0603. The van der Waals surface area contributed by atoms with Gasteiger partial charge in [-0.2, -0.15) is 4.31 Å². The maximum absolute atomic E-state index is 13.2. The molecule has 0 saturated carbocycles. The number of hydrogen-bond donors (Lipinski definition) is 1. The second-order valence-corrected chi connectivity index (χ2v) is 11.4. The monoisotopic (exact) mass is 533 g/mol. The van der Waals surface area contributed by atoms with Crippen molar-refractivity contribution < 1.29 is 22.3 Å².